The summed E-state index contributed by atoms with van der Waals surface area (Å²) in [5, 5.41) is 14.1. The molecule has 3 N–H and O–H groups in total. The van der Waals surface area contributed by atoms with E-state index in [0.29, 0.717) is 5.92 Å². The quantitative estimate of drug-likeness (QED) is 0.660. The fourth-order valence-electron chi connectivity index (χ4n) is 2.23. The van der Waals surface area contributed by atoms with Crippen molar-refractivity contribution in [2.45, 2.75) is 38.8 Å². The van der Waals surface area contributed by atoms with Gasteiger partial charge in [-0.25, -0.2) is 4.79 Å². The van der Waals surface area contributed by atoms with Crippen LogP contribution in [0.25, 0.3) is 0 Å². The normalized spacial score (nSPS) is 21.1. The van der Waals surface area contributed by atoms with Gasteiger partial charge in [0.2, 0.25) is 5.91 Å². The Balaban J connectivity index is 2.42. The lowest BCUT2D eigenvalue weighted by Gasteiger charge is -2.36. The Morgan fingerprint density at radius 2 is 1.83 bits per heavy atom. The van der Waals surface area contributed by atoms with Crippen molar-refractivity contribution in [2.24, 2.45) is 5.92 Å². The first-order valence-electron chi connectivity index (χ1n) is 6.40. The van der Waals surface area contributed by atoms with E-state index in [1.165, 1.54) is 7.05 Å². The number of rotatable bonds is 3. The average molecular weight is 257 g/mol. The van der Waals surface area contributed by atoms with Crippen LogP contribution in [0.2, 0.25) is 0 Å². The molecule has 0 bridgehead atoms. The van der Waals surface area contributed by atoms with Crippen molar-refractivity contribution in [2.75, 3.05) is 20.1 Å². The summed E-state index contributed by atoms with van der Waals surface area (Å²) < 4.78 is 0. The third-order valence-electron chi connectivity index (χ3n) is 3.65. The number of urea groups is 1. The molecule has 104 valence electrons. The molecule has 18 heavy (non-hydrogen) atoms. The average Bonchev–Trinajstić information content (AvgIpc) is 2.37. The van der Waals surface area contributed by atoms with Crippen molar-refractivity contribution in [3.8, 4) is 0 Å². The van der Waals surface area contributed by atoms with Crippen LogP contribution in [-0.2, 0) is 4.79 Å². The van der Waals surface area contributed by atoms with Crippen molar-refractivity contribution in [1.82, 2.24) is 15.5 Å². The van der Waals surface area contributed by atoms with Gasteiger partial charge in [0.25, 0.3) is 0 Å². The molecule has 0 aromatic carbocycles. The first-order valence-corrected chi connectivity index (χ1v) is 6.40. The van der Waals surface area contributed by atoms with Crippen molar-refractivity contribution >= 4 is 11.9 Å². The maximum Gasteiger partial charge on any atom is 0.321 e. The molecule has 1 aliphatic rings. The second kappa shape index (κ2) is 6.70. The van der Waals surface area contributed by atoms with Crippen LogP contribution in [0.15, 0.2) is 0 Å². The minimum Gasteiger partial charge on any atom is -0.393 e. The highest BCUT2D eigenvalue weighted by molar-refractivity contribution is 5.96. The Morgan fingerprint density at radius 3 is 2.28 bits per heavy atom. The highest BCUT2D eigenvalue weighted by Crippen LogP contribution is 2.21. The van der Waals surface area contributed by atoms with Gasteiger partial charge < -0.3 is 10.4 Å². The Bertz CT molecular complexity index is 299. The van der Waals surface area contributed by atoms with Crippen LogP contribution in [0.4, 0.5) is 4.79 Å². The van der Waals surface area contributed by atoms with E-state index in [4.69, 9.17) is 0 Å². The Labute approximate surface area is 108 Å². The Morgan fingerprint density at radius 1 is 1.28 bits per heavy atom. The highest BCUT2D eigenvalue weighted by Gasteiger charge is 2.28. The first-order chi connectivity index (χ1) is 8.45. The van der Waals surface area contributed by atoms with Gasteiger partial charge in [-0.1, -0.05) is 0 Å². The van der Waals surface area contributed by atoms with Crippen molar-refractivity contribution in [1.29, 1.82) is 0 Å². The second-order valence-electron chi connectivity index (χ2n) is 4.86. The SMILES string of the molecule is CNC(=O)NC(=O)[C@H](C)N1CCC([C@H](C)O)CC1. The molecule has 6 heteroatoms. The second-order valence-corrected chi connectivity index (χ2v) is 4.86. The van der Waals surface area contributed by atoms with E-state index < -0.39 is 6.03 Å². The predicted molar refractivity (Wildman–Crippen MR) is 68.0 cm³/mol. The molecule has 1 heterocycles. The number of hydrogen-bond acceptors (Lipinski definition) is 4. The molecule has 0 aliphatic carbocycles. The summed E-state index contributed by atoms with van der Waals surface area (Å²) in [6, 6.07) is -0.803. The number of aliphatic hydroxyl groups excluding tert-OH is 1. The minimum atomic E-state index is -0.481. The summed E-state index contributed by atoms with van der Waals surface area (Å²) in [5.41, 5.74) is 0. The Kier molecular flexibility index (Phi) is 5.55. The summed E-state index contributed by atoms with van der Waals surface area (Å²) in [6.45, 7) is 5.15. The maximum absolute atomic E-state index is 11.8. The Hall–Kier alpha value is -1.14. The molecule has 1 saturated heterocycles. The van der Waals surface area contributed by atoms with Gasteiger partial charge in [0.1, 0.15) is 0 Å². The predicted octanol–water partition coefficient (Wildman–Crippen LogP) is -0.0767. The van der Waals surface area contributed by atoms with E-state index in [9.17, 15) is 14.7 Å². The fourth-order valence-corrected chi connectivity index (χ4v) is 2.23. The van der Waals surface area contributed by atoms with E-state index in [-0.39, 0.29) is 18.1 Å². The molecule has 0 aromatic heterocycles. The smallest absolute Gasteiger partial charge is 0.321 e. The van der Waals surface area contributed by atoms with Crippen LogP contribution in [0.5, 0.6) is 0 Å². The largest absolute Gasteiger partial charge is 0.393 e. The number of imide groups is 1. The number of nitrogens with zero attached hydrogens (tertiary/aromatic N) is 1. The molecule has 1 rings (SSSR count). The maximum atomic E-state index is 11.8. The summed E-state index contributed by atoms with van der Waals surface area (Å²) >= 11 is 0. The molecule has 6 nitrogen and oxygen atoms in total. The van der Waals surface area contributed by atoms with Gasteiger partial charge in [0, 0.05) is 7.05 Å². The zero-order valence-corrected chi connectivity index (χ0v) is 11.3. The molecular formula is C12H23N3O3. The van der Waals surface area contributed by atoms with E-state index in [1.807, 2.05) is 11.8 Å². The summed E-state index contributed by atoms with van der Waals surface area (Å²) in [7, 11) is 1.47. The molecule has 0 saturated carbocycles. The van der Waals surface area contributed by atoms with Crippen molar-refractivity contribution in [3.63, 3.8) is 0 Å². The monoisotopic (exact) mass is 257 g/mol. The third kappa shape index (κ3) is 3.96. The van der Waals surface area contributed by atoms with Crippen molar-refractivity contribution < 1.29 is 14.7 Å². The number of carbonyl (C=O) groups is 2. The van der Waals surface area contributed by atoms with Crippen LogP contribution in [0, 0.1) is 5.92 Å². The van der Waals surface area contributed by atoms with Crippen LogP contribution in [0.1, 0.15) is 26.7 Å². The fraction of sp³-hybridized carbons (Fsp3) is 0.833. The lowest BCUT2D eigenvalue weighted by Crippen LogP contribution is -2.51. The van der Waals surface area contributed by atoms with Crippen LogP contribution in [-0.4, -0.2) is 54.2 Å². The number of amides is 3. The van der Waals surface area contributed by atoms with Crippen LogP contribution in [0.3, 0.4) is 0 Å². The highest BCUT2D eigenvalue weighted by atomic mass is 16.3. The lowest BCUT2D eigenvalue weighted by atomic mass is 9.91. The molecule has 0 aromatic rings. The van der Waals surface area contributed by atoms with Gasteiger partial charge in [-0.15, -0.1) is 0 Å². The molecule has 3 amide bonds. The topological polar surface area (TPSA) is 81.7 Å². The van der Waals surface area contributed by atoms with Gasteiger partial charge >= 0.3 is 6.03 Å². The third-order valence-corrected chi connectivity index (χ3v) is 3.65. The number of nitrogens with one attached hydrogen (secondary N) is 2. The lowest BCUT2D eigenvalue weighted by molar-refractivity contribution is -0.125. The number of aliphatic hydroxyl groups is 1. The van der Waals surface area contributed by atoms with Crippen LogP contribution >= 0.6 is 0 Å². The molecule has 0 radical (unpaired) electrons. The van der Waals surface area contributed by atoms with Gasteiger partial charge in [-0.05, 0) is 45.7 Å². The van der Waals surface area contributed by atoms with Crippen LogP contribution < -0.4 is 10.6 Å². The summed E-state index contributed by atoms with van der Waals surface area (Å²) in [4.78, 5) is 24.9. The van der Waals surface area contributed by atoms with Gasteiger partial charge in [0.05, 0.1) is 12.1 Å². The summed E-state index contributed by atoms with van der Waals surface area (Å²) in [6.07, 6.45) is 1.48. The first kappa shape index (κ1) is 14.9. The standard InChI is InChI=1S/C12H23N3O3/c1-8(11(17)14-12(18)13-3)15-6-4-10(5-7-15)9(2)16/h8-10,16H,4-7H2,1-3H3,(H2,13,14,17,18)/t8-,9-/m0/s1. The molecule has 1 aliphatic heterocycles. The molecular weight excluding hydrogens is 234 g/mol. The minimum absolute atomic E-state index is 0.287. The molecule has 0 unspecified atom stereocenters. The van der Waals surface area contributed by atoms with E-state index in [0.717, 1.165) is 25.9 Å². The number of piperidine rings is 1. The molecule has 2 atom stereocenters. The number of hydrogen-bond donors (Lipinski definition) is 3. The molecule has 1 fully saturated rings. The van der Waals surface area contributed by atoms with Gasteiger partial charge in [0.15, 0.2) is 0 Å². The zero-order valence-electron chi connectivity index (χ0n) is 11.3. The van der Waals surface area contributed by atoms with Gasteiger partial charge in [-0.3, -0.25) is 15.0 Å². The number of carbonyl (C=O) groups excluding carboxylic acids is 2. The number of likely N-dealkylation sites (tertiary alicyclic amines) is 1. The van der Waals surface area contributed by atoms with E-state index >= 15 is 0 Å². The zero-order chi connectivity index (χ0) is 13.7. The molecule has 0 spiro atoms. The summed E-state index contributed by atoms with van der Waals surface area (Å²) in [5.74, 6) is 0.0281. The van der Waals surface area contributed by atoms with E-state index in [1.54, 1.807) is 6.92 Å². The van der Waals surface area contributed by atoms with Gasteiger partial charge in [-0.2, -0.15) is 0 Å². The van der Waals surface area contributed by atoms with Crippen molar-refractivity contribution in [3.05, 3.63) is 0 Å². The van der Waals surface area contributed by atoms with E-state index in [2.05, 4.69) is 10.6 Å².